The summed E-state index contributed by atoms with van der Waals surface area (Å²) in [5, 5.41) is 0. The van der Waals surface area contributed by atoms with Crippen molar-refractivity contribution in [2.75, 3.05) is 0 Å². The summed E-state index contributed by atoms with van der Waals surface area (Å²) in [6.07, 6.45) is 14.7. The SMILES string of the molecule is C=C[CH]CCCc1ccc(C2CCCCC2)cc1. The summed E-state index contributed by atoms with van der Waals surface area (Å²) in [6.45, 7) is 3.71. The number of allylic oxidation sites excluding steroid dienone is 1. The van der Waals surface area contributed by atoms with E-state index in [9.17, 15) is 0 Å². The molecule has 2 rings (SSSR count). The number of aryl methyl sites for hydroxylation is 1. The molecule has 0 aromatic heterocycles. The molecule has 0 unspecified atom stereocenters. The lowest BCUT2D eigenvalue weighted by Gasteiger charge is -2.22. The Morgan fingerprint density at radius 2 is 1.78 bits per heavy atom. The Kier molecular flexibility index (Phi) is 5.51. The summed E-state index contributed by atoms with van der Waals surface area (Å²) in [6, 6.07) is 9.39. The maximum absolute atomic E-state index is 3.71. The van der Waals surface area contributed by atoms with Crippen LogP contribution in [0.2, 0.25) is 0 Å². The van der Waals surface area contributed by atoms with Gasteiger partial charge in [0, 0.05) is 0 Å². The van der Waals surface area contributed by atoms with Crippen LogP contribution in [-0.4, -0.2) is 0 Å². The predicted molar refractivity (Wildman–Crippen MR) is 79.7 cm³/mol. The van der Waals surface area contributed by atoms with E-state index in [0.29, 0.717) is 0 Å². The Bertz CT molecular complexity index is 341. The molecule has 0 saturated heterocycles. The van der Waals surface area contributed by atoms with E-state index >= 15 is 0 Å². The van der Waals surface area contributed by atoms with Crippen molar-refractivity contribution in [3.63, 3.8) is 0 Å². The van der Waals surface area contributed by atoms with Gasteiger partial charge >= 0.3 is 0 Å². The van der Waals surface area contributed by atoms with Gasteiger partial charge in [-0.05, 0) is 55.6 Å². The lowest BCUT2D eigenvalue weighted by atomic mass is 9.84. The summed E-state index contributed by atoms with van der Waals surface area (Å²) in [4.78, 5) is 0. The topological polar surface area (TPSA) is 0 Å². The van der Waals surface area contributed by atoms with Gasteiger partial charge in [0.25, 0.3) is 0 Å². The van der Waals surface area contributed by atoms with Crippen LogP contribution >= 0.6 is 0 Å². The van der Waals surface area contributed by atoms with Crippen molar-refractivity contribution in [2.45, 2.75) is 57.3 Å². The fraction of sp³-hybridized carbons (Fsp3) is 0.500. The molecule has 1 aliphatic carbocycles. The molecule has 1 aromatic carbocycles. The number of rotatable bonds is 6. The molecule has 1 radical (unpaired) electrons. The fourth-order valence-electron chi connectivity index (χ4n) is 2.93. The van der Waals surface area contributed by atoms with Crippen LogP contribution in [0.4, 0.5) is 0 Å². The molecule has 0 heteroatoms. The van der Waals surface area contributed by atoms with Crippen molar-refractivity contribution in [3.05, 3.63) is 54.5 Å². The van der Waals surface area contributed by atoms with Crippen molar-refractivity contribution < 1.29 is 0 Å². The Morgan fingerprint density at radius 3 is 2.44 bits per heavy atom. The van der Waals surface area contributed by atoms with Crippen LogP contribution in [0.1, 0.15) is 62.0 Å². The molecule has 18 heavy (non-hydrogen) atoms. The van der Waals surface area contributed by atoms with E-state index in [1.165, 1.54) is 50.5 Å². The van der Waals surface area contributed by atoms with Crippen molar-refractivity contribution in [3.8, 4) is 0 Å². The zero-order valence-electron chi connectivity index (χ0n) is 11.4. The van der Waals surface area contributed by atoms with E-state index in [-0.39, 0.29) is 0 Å². The second-order valence-corrected chi connectivity index (χ2v) is 5.44. The first-order valence-corrected chi connectivity index (χ1v) is 7.43. The van der Waals surface area contributed by atoms with Gasteiger partial charge in [-0.25, -0.2) is 0 Å². The molecule has 1 saturated carbocycles. The van der Waals surface area contributed by atoms with Gasteiger partial charge < -0.3 is 0 Å². The first-order chi connectivity index (χ1) is 8.90. The van der Waals surface area contributed by atoms with E-state index in [2.05, 4.69) is 37.3 Å². The first-order valence-electron chi connectivity index (χ1n) is 7.43. The molecule has 0 aliphatic heterocycles. The highest BCUT2D eigenvalue weighted by Gasteiger charge is 2.14. The average Bonchev–Trinajstić information content (AvgIpc) is 2.45. The first kappa shape index (κ1) is 13.4. The van der Waals surface area contributed by atoms with Gasteiger partial charge in [0.05, 0.1) is 0 Å². The number of hydrogen-bond donors (Lipinski definition) is 0. The van der Waals surface area contributed by atoms with Crippen LogP contribution in [-0.2, 0) is 6.42 Å². The van der Waals surface area contributed by atoms with E-state index in [1.54, 1.807) is 5.56 Å². The molecule has 0 amide bonds. The Morgan fingerprint density at radius 1 is 1.06 bits per heavy atom. The third-order valence-corrected chi connectivity index (χ3v) is 4.06. The van der Waals surface area contributed by atoms with E-state index < -0.39 is 0 Å². The van der Waals surface area contributed by atoms with Gasteiger partial charge in [-0.1, -0.05) is 49.6 Å². The average molecular weight is 241 g/mol. The van der Waals surface area contributed by atoms with E-state index in [0.717, 1.165) is 12.3 Å². The molecule has 1 fully saturated rings. The molecule has 0 N–H and O–H groups in total. The third-order valence-electron chi connectivity index (χ3n) is 4.06. The van der Waals surface area contributed by atoms with Gasteiger partial charge in [0.2, 0.25) is 0 Å². The third kappa shape index (κ3) is 4.01. The molecular formula is C18H25. The van der Waals surface area contributed by atoms with Gasteiger partial charge in [0.15, 0.2) is 0 Å². The van der Waals surface area contributed by atoms with Crippen LogP contribution in [0, 0.1) is 6.42 Å². The monoisotopic (exact) mass is 241 g/mol. The summed E-state index contributed by atoms with van der Waals surface area (Å²) >= 11 is 0. The molecule has 0 atom stereocenters. The quantitative estimate of drug-likeness (QED) is 0.581. The smallest absolute Gasteiger partial charge is 0.0162 e. The largest absolute Gasteiger partial charge is 0.103 e. The molecule has 0 nitrogen and oxygen atoms in total. The highest BCUT2D eigenvalue weighted by molar-refractivity contribution is 5.25. The standard InChI is InChI=1S/C18H25/c1-2-3-4-6-9-16-12-14-18(15-13-16)17-10-7-5-8-11-17/h2-3,12-15,17H,1,4-11H2. The van der Waals surface area contributed by atoms with Crippen LogP contribution in [0.3, 0.4) is 0 Å². The van der Waals surface area contributed by atoms with Crippen LogP contribution in [0.25, 0.3) is 0 Å². The summed E-state index contributed by atoms with van der Waals surface area (Å²) in [7, 11) is 0. The summed E-state index contributed by atoms with van der Waals surface area (Å²) in [5.41, 5.74) is 3.04. The van der Waals surface area contributed by atoms with Crippen molar-refractivity contribution in [2.24, 2.45) is 0 Å². The van der Waals surface area contributed by atoms with Crippen molar-refractivity contribution in [1.29, 1.82) is 0 Å². The zero-order valence-corrected chi connectivity index (χ0v) is 11.4. The van der Waals surface area contributed by atoms with Gasteiger partial charge in [-0.2, -0.15) is 0 Å². The fourth-order valence-corrected chi connectivity index (χ4v) is 2.93. The molecule has 1 aromatic rings. The lowest BCUT2D eigenvalue weighted by molar-refractivity contribution is 0.443. The minimum atomic E-state index is 0.835. The van der Waals surface area contributed by atoms with Crippen molar-refractivity contribution >= 4 is 0 Å². The lowest BCUT2D eigenvalue weighted by Crippen LogP contribution is -2.04. The second kappa shape index (κ2) is 7.41. The molecule has 0 spiro atoms. The molecular weight excluding hydrogens is 216 g/mol. The Balaban J connectivity index is 1.82. The Hall–Kier alpha value is -1.04. The van der Waals surface area contributed by atoms with Gasteiger partial charge in [0.1, 0.15) is 0 Å². The summed E-state index contributed by atoms with van der Waals surface area (Å²) < 4.78 is 0. The molecule has 0 heterocycles. The highest BCUT2D eigenvalue weighted by Crippen LogP contribution is 2.32. The maximum atomic E-state index is 3.71. The minimum absolute atomic E-state index is 0.835. The number of benzene rings is 1. The van der Waals surface area contributed by atoms with Crippen LogP contribution < -0.4 is 0 Å². The highest BCUT2D eigenvalue weighted by atomic mass is 14.2. The van der Waals surface area contributed by atoms with E-state index in [1.807, 2.05) is 6.08 Å². The zero-order chi connectivity index (χ0) is 12.6. The molecule has 97 valence electrons. The van der Waals surface area contributed by atoms with Crippen molar-refractivity contribution in [1.82, 2.24) is 0 Å². The van der Waals surface area contributed by atoms with Gasteiger partial charge in [-0.15, -0.1) is 6.58 Å². The Labute approximate surface area is 112 Å². The predicted octanol–water partition coefficient (Wildman–Crippen LogP) is 5.45. The number of unbranched alkanes of at least 4 members (excludes halogenated alkanes) is 2. The van der Waals surface area contributed by atoms with Gasteiger partial charge in [-0.3, -0.25) is 0 Å². The van der Waals surface area contributed by atoms with Crippen LogP contribution in [0.15, 0.2) is 36.9 Å². The van der Waals surface area contributed by atoms with Crippen LogP contribution in [0.5, 0.6) is 0 Å². The molecule has 0 bridgehead atoms. The summed E-state index contributed by atoms with van der Waals surface area (Å²) in [5.74, 6) is 0.835. The second-order valence-electron chi connectivity index (χ2n) is 5.44. The van der Waals surface area contributed by atoms with E-state index in [4.69, 9.17) is 0 Å². The molecule has 1 aliphatic rings. The normalized spacial score (nSPS) is 16.7. The minimum Gasteiger partial charge on any atom is -0.103 e. The maximum Gasteiger partial charge on any atom is -0.0162 e. The number of hydrogen-bond acceptors (Lipinski definition) is 0.